The first-order valence-corrected chi connectivity index (χ1v) is 16.5. The highest BCUT2D eigenvalue weighted by atomic mass is 32.7. The summed E-state index contributed by atoms with van der Waals surface area (Å²) in [5.41, 5.74) is 8.84. The van der Waals surface area contributed by atoms with Crippen molar-refractivity contribution in [3.63, 3.8) is 0 Å². The zero-order valence-electron chi connectivity index (χ0n) is 24.3. The first-order chi connectivity index (χ1) is 21.3. The number of nitrogens with zero attached hydrogens (tertiary/aromatic N) is 4. The Labute approximate surface area is 260 Å². The average Bonchev–Trinajstić information content (AvgIpc) is 3.71. The van der Waals surface area contributed by atoms with Gasteiger partial charge >= 0.3 is 6.80 Å². The van der Waals surface area contributed by atoms with Gasteiger partial charge in [0.2, 0.25) is 12.1 Å². The van der Waals surface area contributed by atoms with Crippen LogP contribution in [-0.2, 0) is 42.1 Å². The van der Waals surface area contributed by atoms with Crippen LogP contribution in [0.25, 0.3) is 0 Å². The molecule has 5 heterocycles. The molecule has 0 radical (unpaired) electrons. The fourth-order valence-corrected chi connectivity index (χ4v) is 8.65. The van der Waals surface area contributed by atoms with Crippen LogP contribution < -0.4 is 16.8 Å². The maximum Gasteiger partial charge on any atom is 0.443 e. The number of aliphatic imine (C=N–C) groups is 3. The van der Waals surface area contributed by atoms with E-state index in [9.17, 15) is 24.7 Å². The van der Waals surface area contributed by atoms with Gasteiger partial charge in [-0.1, -0.05) is 0 Å². The smallest absolute Gasteiger partial charge is 0.443 e. The number of carbonyl (C=O) groups is 1. The lowest BCUT2D eigenvalue weighted by molar-refractivity contribution is -0.215. The largest absolute Gasteiger partial charge is 0.508 e. The number of nitrogens with one attached hydrogen (secondary N) is 1. The highest BCUT2D eigenvalue weighted by Gasteiger charge is 2.51. The van der Waals surface area contributed by atoms with E-state index in [4.69, 9.17) is 44.2 Å². The number of hydrogen-bond donors (Lipinski definition) is 6. The van der Waals surface area contributed by atoms with Gasteiger partial charge in [-0.3, -0.25) is 14.3 Å². The van der Waals surface area contributed by atoms with Crippen LogP contribution in [0.1, 0.15) is 20.3 Å². The maximum atomic E-state index is 14.4. The van der Waals surface area contributed by atoms with Crippen LogP contribution in [0.2, 0.25) is 0 Å². The van der Waals surface area contributed by atoms with Crippen LogP contribution in [0.4, 0.5) is 0 Å². The number of amidine groups is 1. The van der Waals surface area contributed by atoms with E-state index in [0.717, 1.165) is 6.08 Å². The zero-order chi connectivity index (χ0) is 32.5. The Bertz CT molecular complexity index is 1400. The molecule has 5 rings (SSSR count). The van der Waals surface area contributed by atoms with E-state index >= 15 is 0 Å². The summed E-state index contributed by atoms with van der Waals surface area (Å²) in [4.78, 5) is 25.4. The zero-order valence-corrected chi connectivity index (χ0v) is 26.0. The molecule has 0 bridgehead atoms. The summed E-state index contributed by atoms with van der Waals surface area (Å²) in [7, 11) is 1.31. The lowest BCUT2D eigenvalue weighted by Crippen LogP contribution is -2.47. The van der Waals surface area contributed by atoms with Crippen molar-refractivity contribution < 1.29 is 57.4 Å². The number of nitrogens with two attached hydrogens (primary N) is 2. The number of ether oxygens (including phenoxy) is 5. The van der Waals surface area contributed by atoms with E-state index in [1.807, 2.05) is 0 Å². The van der Waals surface area contributed by atoms with Crippen LogP contribution in [0.3, 0.4) is 0 Å². The fourth-order valence-electron chi connectivity index (χ4n) is 4.75. The minimum absolute atomic E-state index is 0.0309. The molecule has 8 N–H and O–H groups in total. The fraction of sp³-hybridized carbons (Fsp3) is 0.583. The first-order valence-electron chi connectivity index (χ1n) is 13.5. The first kappa shape index (κ1) is 33.0. The second-order valence-electron chi connectivity index (χ2n) is 10.5. The molecule has 1 amide bonds. The Morgan fingerprint density at radius 1 is 1.33 bits per heavy atom. The van der Waals surface area contributed by atoms with Crippen molar-refractivity contribution in [2.45, 2.75) is 68.5 Å². The average molecular weight is 676 g/mol. The number of methoxy groups -OCH3 is 1. The van der Waals surface area contributed by atoms with Crippen LogP contribution >= 0.6 is 18.2 Å². The third kappa shape index (κ3) is 7.07. The number of amides is 1. The molecule has 1 fully saturated rings. The molecule has 8 atom stereocenters. The Balaban J connectivity index is 1.33. The van der Waals surface area contributed by atoms with Gasteiger partial charge in [0.25, 0.3) is 6.48 Å². The SMILES string of the molecule is COC1C(OP(=O)(OCC2=C(O)C[C@H](N3C=NC4C(N)=NC=NC43)O2)SC2OC(O)OC2(C)C)=C(CO)O[C@H]1N/C=C\C(N)=O. The minimum atomic E-state index is -4.42. The highest BCUT2D eigenvalue weighted by Crippen LogP contribution is 2.67. The molecule has 0 aromatic heterocycles. The molecule has 248 valence electrons. The molecule has 45 heavy (non-hydrogen) atoms. The molecule has 0 saturated carbocycles. The van der Waals surface area contributed by atoms with Gasteiger partial charge in [-0.15, -0.1) is 0 Å². The maximum absolute atomic E-state index is 14.4. The number of carbonyl (C=O) groups excluding carboxylic acids is 1. The summed E-state index contributed by atoms with van der Waals surface area (Å²) in [6.07, 6.45) is 1.75. The summed E-state index contributed by atoms with van der Waals surface area (Å²) in [5, 5.41) is 33.4. The van der Waals surface area contributed by atoms with Crippen LogP contribution in [0.5, 0.6) is 0 Å². The highest BCUT2D eigenvalue weighted by molar-refractivity contribution is 8.55. The Kier molecular flexibility index (Phi) is 9.66. The van der Waals surface area contributed by atoms with E-state index in [0.29, 0.717) is 11.4 Å². The van der Waals surface area contributed by atoms with E-state index < -0.39 is 74.2 Å². The molecule has 0 aliphatic carbocycles. The molecular formula is C24H34N7O12PS. The normalized spacial score (nSPS) is 33.3. The third-order valence-electron chi connectivity index (χ3n) is 6.96. The second-order valence-corrected chi connectivity index (χ2v) is 14.4. The lowest BCUT2D eigenvalue weighted by atomic mass is 10.2. The van der Waals surface area contributed by atoms with Gasteiger partial charge in [-0.2, -0.15) is 0 Å². The summed E-state index contributed by atoms with van der Waals surface area (Å²) in [5.74, 6) is -0.978. The molecule has 6 unspecified atom stereocenters. The van der Waals surface area contributed by atoms with Crippen molar-refractivity contribution in [2.24, 2.45) is 26.4 Å². The molecule has 0 aromatic carbocycles. The summed E-state index contributed by atoms with van der Waals surface area (Å²) in [6.45, 7) is -4.04. The van der Waals surface area contributed by atoms with E-state index in [-0.39, 0.29) is 35.3 Å². The van der Waals surface area contributed by atoms with E-state index in [2.05, 4.69) is 20.3 Å². The minimum Gasteiger partial charge on any atom is -0.508 e. The van der Waals surface area contributed by atoms with Gasteiger partial charge in [0.1, 0.15) is 48.2 Å². The standard InChI is InChI=1S/C24H34N7O12PS/c1-24(2)22(41-23(35)42-24)45-44(36,43-17-12(7-32)40-21(18(17)37-3)27-5-4-14(25)34)38-8-13-11(33)6-15(39-13)31-10-30-16-19(26)28-9-29-20(16)31/h4-5,9-10,15-16,18,20-23,27,32-33,35H,6-8H2,1-3H3,(H2,25,34)(H2,26,28,29)/b5-4-/t15-,16?,18?,20?,21-,22?,23?,44?/m1/s1. The number of fused-ring (bicyclic) bond motifs is 1. The molecule has 5 aliphatic heterocycles. The van der Waals surface area contributed by atoms with Crippen molar-refractivity contribution in [1.82, 2.24) is 10.2 Å². The van der Waals surface area contributed by atoms with E-state index in [1.165, 1.54) is 26.0 Å². The number of rotatable bonds is 13. The van der Waals surface area contributed by atoms with Gasteiger partial charge in [0.15, 0.2) is 35.8 Å². The number of primary amides is 1. The van der Waals surface area contributed by atoms with Crippen molar-refractivity contribution in [3.05, 3.63) is 35.3 Å². The predicted molar refractivity (Wildman–Crippen MR) is 157 cm³/mol. The van der Waals surface area contributed by atoms with Crippen LogP contribution in [-0.4, -0.2) is 113 Å². The third-order valence-corrected chi connectivity index (χ3v) is 10.8. The molecule has 0 aromatic rings. The van der Waals surface area contributed by atoms with Gasteiger partial charge in [-0.05, 0) is 13.8 Å². The quantitative estimate of drug-likeness (QED) is 0.105. The van der Waals surface area contributed by atoms with Gasteiger partial charge in [0, 0.05) is 30.8 Å². The molecule has 21 heteroatoms. The molecule has 0 spiro atoms. The van der Waals surface area contributed by atoms with Crippen LogP contribution in [0.15, 0.2) is 50.3 Å². The van der Waals surface area contributed by atoms with E-state index in [1.54, 1.807) is 18.7 Å². The van der Waals surface area contributed by atoms with Crippen molar-refractivity contribution in [2.75, 3.05) is 20.3 Å². The van der Waals surface area contributed by atoms with Gasteiger partial charge in [-0.25, -0.2) is 14.5 Å². The van der Waals surface area contributed by atoms with Gasteiger partial charge in [0.05, 0.1) is 12.8 Å². The topological polar surface area (TPSA) is 264 Å². The van der Waals surface area contributed by atoms with Crippen molar-refractivity contribution in [1.29, 1.82) is 0 Å². The molecule has 5 aliphatic rings. The second kappa shape index (κ2) is 13.2. The van der Waals surface area contributed by atoms with Crippen molar-refractivity contribution in [3.8, 4) is 0 Å². The monoisotopic (exact) mass is 675 g/mol. The summed E-state index contributed by atoms with van der Waals surface area (Å²) in [6, 6.07) is -0.501. The predicted octanol–water partition coefficient (Wildman–Crippen LogP) is -0.594. The Morgan fingerprint density at radius 3 is 2.78 bits per heavy atom. The number of aliphatic hydroxyl groups excluding tert-OH is 3. The number of aliphatic hydroxyl groups is 3. The molecule has 1 saturated heterocycles. The summed E-state index contributed by atoms with van der Waals surface area (Å²) < 4.78 is 54.0. The summed E-state index contributed by atoms with van der Waals surface area (Å²) >= 11 is 0.570. The lowest BCUT2D eigenvalue weighted by Gasteiger charge is -2.30. The Hall–Kier alpha value is -3.36. The van der Waals surface area contributed by atoms with Crippen LogP contribution in [0, 0.1) is 0 Å². The van der Waals surface area contributed by atoms with Gasteiger partial charge < -0.3 is 65.2 Å². The Morgan fingerprint density at radius 2 is 2.11 bits per heavy atom. The number of hydrogen-bond acceptors (Lipinski definition) is 19. The molecular weight excluding hydrogens is 641 g/mol. The van der Waals surface area contributed by atoms with Crippen molar-refractivity contribution >= 4 is 42.6 Å². The molecule has 19 nitrogen and oxygen atoms in total.